The molecule has 1 amide bonds. The van der Waals surface area contributed by atoms with Gasteiger partial charge in [-0.15, -0.1) is 0 Å². The summed E-state index contributed by atoms with van der Waals surface area (Å²) in [6, 6.07) is 2.94. The second kappa shape index (κ2) is 6.11. The van der Waals surface area contributed by atoms with Gasteiger partial charge in [0, 0.05) is 24.8 Å². The smallest absolute Gasteiger partial charge is 0.384 e. The summed E-state index contributed by atoms with van der Waals surface area (Å²) in [7, 11) is 1.33. The van der Waals surface area contributed by atoms with Crippen LogP contribution in [0.5, 0.6) is 0 Å². The molecule has 1 aromatic heterocycles. The topological polar surface area (TPSA) is 59.2 Å². The van der Waals surface area contributed by atoms with Gasteiger partial charge in [0.05, 0.1) is 6.42 Å². The van der Waals surface area contributed by atoms with Crippen molar-refractivity contribution in [3.63, 3.8) is 0 Å². The van der Waals surface area contributed by atoms with Crippen molar-refractivity contribution in [2.24, 2.45) is 0 Å². The number of alkyl halides is 3. The minimum absolute atomic E-state index is 0.0746. The van der Waals surface area contributed by atoms with E-state index >= 15 is 0 Å². The number of pyridine rings is 1. The highest BCUT2D eigenvalue weighted by Gasteiger charge is 2.28. The zero-order valence-corrected chi connectivity index (χ0v) is 11.7. The van der Waals surface area contributed by atoms with Crippen LogP contribution in [-0.2, 0) is 0 Å². The third-order valence-corrected chi connectivity index (χ3v) is 2.78. The van der Waals surface area contributed by atoms with Crippen LogP contribution < -0.4 is 5.73 Å². The maximum atomic E-state index is 12.1. The highest BCUT2D eigenvalue weighted by molar-refractivity contribution is 5.94. The van der Waals surface area contributed by atoms with E-state index in [1.807, 2.05) is 13.8 Å². The number of aromatic nitrogens is 1. The first-order chi connectivity index (χ1) is 9.10. The third-order valence-electron chi connectivity index (χ3n) is 2.78. The third kappa shape index (κ3) is 4.71. The minimum atomic E-state index is -4.28. The van der Waals surface area contributed by atoms with Crippen LogP contribution >= 0.6 is 0 Å². The van der Waals surface area contributed by atoms with Crippen molar-refractivity contribution < 1.29 is 18.0 Å². The number of nitrogens with two attached hydrogens (primary N) is 1. The number of halogens is 3. The summed E-state index contributed by atoms with van der Waals surface area (Å²) in [5, 5.41) is 0. The summed E-state index contributed by atoms with van der Waals surface area (Å²) in [6.45, 7) is 3.40. The van der Waals surface area contributed by atoms with E-state index in [0.29, 0.717) is 5.69 Å². The average Bonchev–Trinajstić information content (AvgIpc) is 2.33. The van der Waals surface area contributed by atoms with Gasteiger partial charge >= 0.3 is 6.18 Å². The summed E-state index contributed by atoms with van der Waals surface area (Å²) >= 11 is 0. The molecule has 0 saturated heterocycles. The zero-order chi connectivity index (χ0) is 15.5. The van der Waals surface area contributed by atoms with Gasteiger partial charge < -0.3 is 10.6 Å². The second-order valence-electron chi connectivity index (χ2n) is 4.95. The number of anilines is 1. The summed E-state index contributed by atoms with van der Waals surface area (Å²) in [6.07, 6.45) is -5.32. The number of carbonyl (C=O) groups excluding carboxylic acids is 1. The maximum absolute atomic E-state index is 12.1. The van der Waals surface area contributed by atoms with Crippen molar-refractivity contribution in [1.29, 1.82) is 0 Å². The Bertz CT molecular complexity index is 486. The fourth-order valence-corrected chi connectivity index (χ4v) is 1.61. The zero-order valence-electron chi connectivity index (χ0n) is 11.7. The molecule has 0 saturated carbocycles. The van der Waals surface area contributed by atoms with Crippen LogP contribution in [0.15, 0.2) is 12.1 Å². The van der Waals surface area contributed by atoms with Crippen molar-refractivity contribution in [2.45, 2.75) is 32.4 Å². The molecule has 1 heterocycles. The second-order valence-corrected chi connectivity index (χ2v) is 4.95. The molecule has 0 aliphatic heterocycles. The molecule has 0 spiro atoms. The molecule has 20 heavy (non-hydrogen) atoms. The molecular weight excluding hydrogens is 271 g/mol. The van der Waals surface area contributed by atoms with Gasteiger partial charge in [-0.1, -0.05) is 13.8 Å². The van der Waals surface area contributed by atoms with Gasteiger partial charge in [-0.05, 0) is 18.1 Å². The molecule has 0 aromatic carbocycles. The molecule has 0 fully saturated rings. The fraction of sp³-hybridized carbons (Fsp3) is 0.538. The largest absolute Gasteiger partial charge is 0.390 e. The highest BCUT2D eigenvalue weighted by atomic mass is 19.4. The van der Waals surface area contributed by atoms with Crippen LogP contribution in [-0.4, -0.2) is 35.6 Å². The van der Waals surface area contributed by atoms with Crippen molar-refractivity contribution >= 4 is 11.7 Å². The van der Waals surface area contributed by atoms with E-state index in [-0.39, 0.29) is 23.8 Å². The van der Waals surface area contributed by atoms with Gasteiger partial charge in [-0.3, -0.25) is 4.79 Å². The van der Waals surface area contributed by atoms with E-state index in [1.165, 1.54) is 13.1 Å². The molecule has 2 N–H and O–H groups in total. The Hall–Kier alpha value is -1.79. The molecule has 1 aromatic rings. The summed E-state index contributed by atoms with van der Waals surface area (Å²) < 4.78 is 36.4. The van der Waals surface area contributed by atoms with Crippen LogP contribution in [0.4, 0.5) is 19.0 Å². The monoisotopic (exact) mass is 289 g/mol. The Morgan fingerprint density at radius 1 is 1.40 bits per heavy atom. The van der Waals surface area contributed by atoms with E-state index < -0.39 is 18.5 Å². The van der Waals surface area contributed by atoms with E-state index in [2.05, 4.69) is 4.98 Å². The molecule has 7 heteroatoms. The van der Waals surface area contributed by atoms with Gasteiger partial charge in [-0.2, -0.15) is 13.2 Å². The van der Waals surface area contributed by atoms with Crippen LogP contribution in [0.1, 0.15) is 42.2 Å². The fourth-order valence-electron chi connectivity index (χ4n) is 1.61. The summed E-state index contributed by atoms with van der Waals surface area (Å²) in [4.78, 5) is 17.2. The first-order valence-corrected chi connectivity index (χ1v) is 6.20. The lowest BCUT2D eigenvalue weighted by atomic mass is 10.1. The van der Waals surface area contributed by atoms with Crippen LogP contribution in [0.25, 0.3) is 0 Å². The van der Waals surface area contributed by atoms with Crippen LogP contribution in [0, 0.1) is 0 Å². The number of nitrogens with zero attached hydrogens (tertiary/aromatic N) is 2. The van der Waals surface area contributed by atoms with Crippen molar-refractivity contribution in [1.82, 2.24) is 9.88 Å². The Morgan fingerprint density at radius 2 is 2.00 bits per heavy atom. The quantitative estimate of drug-likeness (QED) is 0.927. The first-order valence-electron chi connectivity index (χ1n) is 6.20. The number of rotatable bonds is 4. The molecule has 0 aliphatic carbocycles. The lowest BCUT2D eigenvalue weighted by Gasteiger charge is -2.19. The molecule has 0 aliphatic rings. The molecule has 1 rings (SSSR count). The maximum Gasteiger partial charge on any atom is 0.390 e. The van der Waals surface area contributed by atoms with Gasteiger partial charge in [0.2, 0.25) is 0 Å². The van der Waals surface area contributed by atoms with Gasteiger partial charge in [0.25, 0.3) is 5.91 Å². The molecule has 4 nitrogen and oxygen atoms in total. The van der Waals surface area contributed by atoms with Gasteiger partial charge in [0.15, 0.2) is 0 Å². The lowest BCUT2D eigenvalue weighted by molar-refractivity contribution is -0.136. The predicted octanol–water partition coefficient (Wildman–Crippen LogP) is 2.81. The normalized spacial score (nSPS) is 11.8. The number of nitrogen functional groups attached to an aromatic ring is 1. The van der Waals surface area contributed by atoms with E-state index in [1.54, 1.807) is 6.07 Å². The Labute approximate surface area is 115 Å². The molecule has 0 radical (unpaired) electrons. The molecule has 0 bridgehead atoms. The number of hydrogen-bond acceptors (Lipinski definition) is 3. The van der Waals surface area contributed by atoms with Crippen molar-refractivity contribution in [3.8, 4) is 0 Å². The number of hydrogen-bond donors (Lipinski definition) is 1. The van der Waals surface area contributed by atoms with E-state index in [4.69, 9.17) is 5.73 Å². The van der Waals surface area contributed by atoms with E-state index in [0.717, 1.165) is 4.90 Å². The summed E-state index contributed by atoms with van der Waals surface area (Å²) in [5.41, 5.74) is 6.51. The molecular formula is C13H18F3N3O. The summed E-state index contributed by atoms with van der Waals surface area (Å²) in [5.74, 6) is -0.237. The number of amides is 1. The van der Waals surface area contributed by atoms with Crippen LogP contribution in [0.2, 0.25) is 0 Å². The highest BCUT2D eigenvalue weighted by Crippen LogP contribution is 2.21. The Kier molecular flexibility index (Phi) is 4.97. The van der Waals surface area contributed by atoms with Crippen molar-refractivity contribution in [3.05, 3.63) is 23.4 Å². The van der Waals surface area contributed by atoms with Crippen molar-refractivity contribution in [2.75, 3.05) is 19.3 Å². The number of carbonyl (C=O) groups is 1. The van der Waals surface area contributed by atoms with Crippen LogP contribution in [0.3, 0.4) is 0 Å². The van der Waals surface area contributed by atoms with E-state index in [9.17, 15) is 18.0 Å². The predicted molar refractivity (Wildman–Crippen MR) is 70.4 cm³/mol. The lowest BCUT2D eigenvalue weighted by Crippen LogP contribution is -2.30. The Morgan fingerprint density at radius 3 is 2.50 bits per heavy atom. The molecule has 0 unspecified atom stereocenters. The molecule has 0 atom stereocenters. The first kappa shape index (κ1) is 16.3. The standard InChI is InChI=1S/C13H18F3N3O/c1-8(2)10-6-9(7-11(17)18-10)12(20)19(3)5-4-13(14,15)16/h6-8H,4-5H2,1-3H3,(H2,17,18). The SMILES string of the molecule is CC(C)c1cc(C(=O)N(C)CCC(F)(F)F)cc(N)n1. The average molecular weight is 289 g/mol. The van der Waals surface area contributed by atoms with Gasteiger partial charge in [0.1, 0.15) is 5.82 Å². The Balaban J connectivity index is 2.86. The van der Waals surface area contributed by atoms with Gasteiger partial charge in [-0.25, -0.2) is 4.98 Å². The minimum Gasteiger partial charge on any atom is -0.384 e. The molecule has 112 valence electrons.